The van der Waals surface area contributed by atoms with Crippen LogP contribution in [0.1, 0.15) is 59.4 Å². The van der Waals surface area contributed by atoms with E-state index in [0.29, 0.717) is 63.7 Å². The SMILES string of the molecule is C=CCN1CC2CN(C(=O)OC(C)(C)C)CC(C1)C2(O)c1ccc(Br)cn1.CC(C)(C)OC(=O)N1CC2CNCC(C1)C2(O)c1ccc(Br)cn1.CN1C(=O)CC(=O)N(C)C1=O.[B]. The van der Waals surface area contributed by atoms with Crippen LogP contribution in [0.4, 0.5) is 14.4 Å². The molecule has 343 valence electrons. The van der Waals surface area contributed by atoms with E-state index in [9.17, 15) is 34.2 Å². The fraction of sp³-hybridized carbons (Fsp3) is 0.605. The summed E-state index contributed by atoms with van der Waals surface area (Å²) in [4.78, 5) is 74.1. The minimum Gasteiger partial charge on any atom is -0.444 e. The van der Waals surface area contributed by atoms with Crippen molar-refractivity contribution in [3.8, 4) is 0 Å². The predicted molar refractivity (Wildman–Crippen MR) is 242 cm³/mol. The molecule has 0 aliphatic carbocycles. The van der Waals surface area contributed by atoms with Crippen LogP contribution >= 0.6 is 31.9 Å². The molecule has 7 heterocycles. The van der Waals surface area contributed by atoms with Crippen LogP contribution in [-0.2, 0) is 30.3 Å². The third-order valence-electron chi connectivity index (χ3n) is 11.6. The second-order valence-corrected chi connectivity index (χ2v) is 20.3. The molecule has 2 aromatic heterocycles. The van der Waals surface area contributed by atoms with Crippen molar-refractivity contribution in [2.24, 2.45) is 23.7 Å². The highest BCUT2D eigenvalue weighted by Crippen LogP contribution is 2.45. The van der Waals surface area contributed by atoms with E-state index in [0.717, 1.165) is 25.3 Å². The van der Waals surface area contributed by atoms with Crippen molar-refractivity contribution < 1.29 is 43.7 Å². The number of fused-ring (bicyclic) bond motifs is 4. The van der Waals surface area contributed by atoms with Crippen molar-refractivity contribution in [3.63, 3.8) is 0 Å². The number of rotatable bonds is 4. The number of barbiturate groups is 1. The Morgan fingerprint density at radius 1 is 0.746 bits per heavy atom. The number of amides is 6. The molecule has 5 aliphatic rings. The summed E-state index contributed by atoms with van der Waals surface area (Å²) in [5.41, 5.74) is -1.80. The number of hydrogen-bond acceptors (Lipinski definition) is 13. The Morgan fingerprint density at radius 2 is 1.13 bits per heavy atom. The smallest absolute Gasteiger partial charge is 0.410 e. The average Bonchev–Trinajstić information content (AvgIpc) is 3.16. The van der Waals surface area contributed by atoms with Gasteiger partial charge < -0.3 is 34.8 Å². The Morgan fingerprint density at radius 3 is 1.48 bits per heavy atom. The summed E-state index contributed by atoms with van der Waals surface area (Å²) in [5.74, 6) is -1.43. The van der Waals surface area contributed by atoms with Crippen molar-refractivity contribution in [1.29, 1.82) is 0 Å². The first kappa shape index (κ1) is 51.7. The molecule has 4 atom stereocenters. The predicted octanol–water partition coefficient (Wildman–Crippen LogP) is 4.18. The molecule has 3 N–H and O–H groups in total. The summed E-state index contributed by atoms with van der Waals surface area (Å²) in [7, 11) is 2.71. The van der Waals surface area contributed by atoms with Crippen LogP contribution in [0.2, 0.25) is 0 Å². The van der Waals surface area contributed by atoms with E-state index in [1.807, 2.05) is 71.9 Å². The van der Waals surface area contributed by atoms with Gasteiger partial charge in [-0.25, -0.2) is 14.4 Å². The number of carbonyl (C=O) groups is 5. The molecule has 5 aliphatic heterocycles. The van der Waals surface area contributed by atoms with E-state index in [1.54, 1.807) is 22.2 Å². The van der Waals surface area contributed by atoms with Gasteiger partial charge in [-0.15, -0.1) is 6.58 Å². The maximum absolute atomic E-state index is 12.6. The third kappa shape index (κ3) is 12.0. The monoisotopic (exact) mass is 1000 g/mol. The summed E-state index contributed by atoms with van der Waals surface area (Å²) in [6.45, 7) is 20.2. The van der Waals surface area contributed by atoms with Crippen LogP contribution in [0.5, 0.6) is 0 Å². The molecule has 6 amide bonds. The van der Waals surface area contributed by atoms with Gasteiger partial charge in [0.25, 0.3) is 0 Å². The van der Waals surface area contributed by atoms with Gasteiger partial charge in [0.05, 0.1) is 11.4 Å². The van der Waals surface area contributed by atoms with Crippen molar-refractivity contribution in [2.45, 2.75) is 70.4 Å². The minimum atomic E-state index is -1.06. The number of carbonyl (C=O) groups excluding carboxylic acids is 5. The van der Waals surface area contributed by atoms with Crippen LogP contribution < -0.4 is 5.32 Å². The highest BCUT2D eigenvalue weighted by Gasteiger charge is 2.56. The summed E-state index contributed by atoms with van der Waals surface area (Å²) in [6.07, 6.45) is 4.45. The number of ether oxygens (including phenoxy) is 2. The highest BCUT2D eigenvalue weighted by molar-refractivity contribution is 9.10. The normalized spacial score (nSPS) is 27.2. The number of halogens is 2. The number of imide groups is 2. The lowest BCUT2D eigenvalue weighted by Gasteiger charge is -2.55. The Balaban J connectivity index is 0.000000222. The van der Waals surface area contributed by atoms with Crippen molar-refractivity contribution in [2.75, 3.05) is 73.0 Å². The van der Waals surface area contributed by atoms with Gasteiger partial charge in [-0.2, -0.15) is 0 Å². The number of urea groups is 1. The number of hydrogen-bond donors (Lipinski definition) is 3. The molecule has 5 saturated heterocycles. The average molecular weight is 1000 g/mol. The lowest BCUT2D eigenvalue weighted by Crippen LogP contribution is -2.66. The molecule has 0 saturated carbocycles. The van der Waals surface area contributed by atoms with E-state index in [2.05, 4.69) is 58.6 Å². The quantitative estimate of drug-likeness (QED) is 0.224. The Kier molecular flexibility index (Phi) is 16.8. The van der Waals surface area contributed by atoms with Gasteiger partial charge in [-0.05, 0) is 97.7 Å². The van der Waals surface area contributed by atoms with Crippen LogP contribution in [0, 0.1) is 23.7 Å². The molecule has 7 rings (SSSR count). The Bertz CT molecular complexity index is 1930. The molecule has 0 spiro atoms. The third-order valence-corrected chi connectivity index (χ3v) is 12.5. The zero-order valence-corrected chi connectivity index (χ0v) is 40.5. The van der Waals surface area contributed by atoms with E-state index < -0.39 is 40.2 Å². The maximum atomic E-state index is 12.6. The van der Waals surface area contributed by atoms with Crippen LogP contribution in [0.3, 0.4) is 0 Å². The van der Waals surface area contributed by atoms with Gasteiger partial charge in [0.15, 0.2) is 0 Å². The summed E-state index contributed by atoms with van der Waals surface area (Å²) < 4.78 is 12.8. The number of pyridine rings is 2. The molecule has 0 aromatic carbocycles. The first-order chi connectivity index (χ1) is 28.9. The number of aliphatic hydroxyl groups is 2. The zero-order chi connectivity index (χ0) is 45.9. The number of aromatic nitrogens is 2. The van der Waals surface area contributed by atoms with Gasteiger partial charge in [-0.1, -0.05) is 6.08 Å². The van der Waals surface area contributed by atoms with Crippen LogP contribution in [0.25, 0.3) is 0 Å². The lowest BCUT2D eigenvalue weighted by atomic mass is 9.68. The van der Waals surface area contributed by atoms with Gasteiger partial charge >= 0.3 is 18.2 Å². The van der Waals surface area contributed by atoms with E-state index in [-0.39, 0.29) is 50.7 Å². The lowest BCUT2D eigenvalue weighted by molar-refractivity contribution is -0.163. The van der Waals surface area contributed by atoms with Gasteiger partial charge in [0, 0.05) is 126 Å². The zero-order valence-electron chi connectivity index (χ0n) is 37.3. The number of piperidine rings is 4. The minimum absolute atomic E-state index is 0. The molecule has 4 bridgehead atoms. The van der Waals surface area contributed by atoms with Crippen molar-refractivity contribution in [1.82, 2.24) is 39.8 Å². The number of nitrogens with one attached hydrogen (secondary N) is 1. The summed E-state index contributed by atoms with van der Waals surface area (Å²) in [6, 6.07) is 6.96. The molecule has 63 heavy (non-hydrogen) atoms. The second kappa shape index (κ2) is 20.5. The Hall–Kier alpha value is -3.95. The molecule has 20 heteroatoms. The van der Waals surface area contributed by atoms with Crippen molar-refractivity contribution in [3.05, 3.63) is 69.6 Å². The standard InChI is InChI=1S/C20H28BrN3O3.C17H24BrN3O3.C6H8N2O3.B/c1-5-8-23-10-14-12-24(18(25)27-19(2,3)4)13-15(11-23)20(14,26)17-7-6-16(21)9-22-17;1-16(2,3)24-15(22)21-9-11-6-19-7-12(10-21)17(11,23)14-5-4-13(18)8-20-14;1-7-4(9)3-5(10)8(2)6(7)11;/h5-7,9,14-15,26H,1,8,10-13H2,2-4H3;4-5,8,11-12,19,23H,6-7,9-10H2,1-3H3;3H2,1-2H3;. The van der Waals surface area contributed by atoms with E-state index in [4.69, 9.17) is 9.47 Å². The maximum Gasteiger partial charge on any atom is 0.410 e. The summed E-state index contributed by atoms with van der Waals surface area (Å²) >= 11 is 6.78. The van der Waals surface area contributed by atoms with Gasteiger partial charge in [0.1, 0.15) is 28.8 Å². The van der Waals surface area contributed by atoms with E-state index >= 15 is 0 Å². The number of nitrogens with zero attached hydrogens (tertiary/aromatic N) is 7. The summed E-state index contributed by atoms with van der Waals surface area (Å²) in [5, 5.41) is 26.5. The molecular formula is C43H60BBr2N8O9. The molecule has 4 unspecified atom stereocenters. The molecule has 3 radical (unpaired) electrons. The fourth-order valence-electron chi connectivity index (χ4n) is 8.55. The first-order valence-electron chi connectivity index (χ1n) is 20.6. The Labute approximate surface area is 388 Å². The molecule has 17 nitrogen and oxygen atoms in total. The highest BCUT2D eigenvalue weighted by atomic mass is 79.9. The van der Waals surface area contributed by atoms with E-state index in [1.165, 1.54) is 14.1 Å². The fourth-order valence-corrected chi connectivity index (χ4v) is 9.02. The van der Waals surface area contributed by atoms with Gasteiger partial charge in [-0.3, -0.25) is 34.3 Å². The first-order valence-corrected chi connectivity index (χ1v) is 22.2. The van der Waals surface area contributed by atoms with Crippen LogP contribution in [-0.4, -0.2) is 167 Å². The molecule has 5 fully saturated rings. The second-order valence-electron chi connectivity index (χ2n) is 18.5. The van der Waals surface area contributed by atoms with Gasteiger partial charge in [0.2, 0.25) is 11.8 Å². The topological polar surface area (TPSA) is 198 Å². The van der Waals surface area contributed by atoms with Crippen LogP contribution in [0.15, 0.2) is 58.3 Å². The largest absolute Gasteiger partial charge is 0.444 e. The van der Waals surface area contributed by atoms with Crippen molar-refractivity contribution >= 4 is 70.3 Å². The molecular weight excluding hydrogens is 943 g/mol. The molecule has 2 aromatic rings. The number of likely N-dealkylation sites (tertiary alicyclic amines) is 3.